The molecule has 0 radical (unpaired) electrons. The molecule has 1 N–H and O–H groups in total. The van der Waals surface area contributed by atoms with Crippen molar-refractivity contribution in [1.29, 1.82) is 0 Å². The molecule has 1 nitrogen and oxygen atoms in total. The zero-order chi connectivity index (χ0) is 26.9. The van der Waals surface area contributed by atoms with Gasteiger partial charge in [-0.05, 0) is 0 Å². The molecule has 3 heteroatoms. The SMILES string of the molecule is CC(C)(C)c1ccc2c(-c3cc4ccccc4c4c3-c3ccccc3P4(=[Se])c3ccccc3)c(O)ccc2c1. The normalized spacial score (nSPS) is 16.4. The predicted octanol–water partition coefficient (Wildman–Crippen LogP) is 8.02. The third-order valence-electron chi connectivity index (χ3n) is 8.10. The zero-order valence-electron chi connectivity index (χ0n) is 22.3. The van der Waals surface area contributed by atoms with Crippen LogP contribution in [-0.2, 0) is 5.41 Å². The van der Waals surface area contributed by atoms with Gasteiger partial charge in [-0.3, -0.25) is 0 Å². The Morgan fingerprint density at radius 3 is 2.10 bits per heavy atom. The molecular formula is C36H29OPSe. The van der Waals surface area contributed by atoms with Crippen molar-refractivity contribution in [3.8, 4) is 28.0 Å². The minimum absolute atomic E-state index is 0.0488. The molecule has 0 bridgehead atoms. The van der Waals surface area contributed by atoms with Crippen molar-refractivity contribution in [3.63, 3.8) is 0 Å². The minimum atomic E-state index is -2.06. The molecule has 0 amide bonds. The van der Waals surface area contributed by atoms with Crippen molar-refractivity contribution in [2.24, 2.45) is 0 Å². The van der Waals surface area contributed by atoms with Crippen LogP contribution in [0.3, 0.4) is 0 Å². The molecule has 1 aliphatic heterocycles. The van der Waals surface area contributed by atoms with Crippen LogP contribution in [0, 0.1) is 0 Å². The van der Waals surface area contributed by atoms with Crippen molar-refractivity contribution < 1.29 is 5.11 Å². The molecule has 0 fully saturated rings. The molecule has 6 aromatic carbocycles. The number of hydrogen-bond acceptors (Lipinski definition) is 1. The van der Waals surface area contributed by atoms with Crippen molar-refractivity contribution >= 4 is 58.1 Å². The Balaban J connectivity index is 1.66. The first-order chi connectivity index (χ1) is 18.8. The molecule has 7 rings (SSSR count). The Hall–Kier alpha value is -3.41. The first kappa shape index (κ1) is 24.6. The van der Waals surface area contributed by atoms with Crippen LogP contribution >= 0.6 is 5.51 Å². The first-order valence-corrected chi connectivity index (χ1v) is 17.4. The summed E-state index contributed by atoms with van der Waals surface area (Å²) in [5.41, 5.74) is 3.78. The van der Waals surface area contributed by atoms with Crippen LogP contribution in [-0.4, -0.2) is 20.2 Å². The molecule has 1 heterocycles. The first-order valence-electron chi connectivity index (χ1n) is 13.4. The predicted molar refractivity (Wildman–Crippen MR) is 171 cm³/mol. The van der Waals surface area contributed by atoms with Crippen LogP contribution < -0.4 is 15.9 Å². The fraction of sp³-hybridized carbons (Fsp3) is 0.111. The van der Waals surface area contributed by atoms with E-state index in [9.17, 15) is 5.11 Å². The van der Waals surface area contributed by atoms with Crippen molar-refractivity contribution in [1.82, 2.24) is 0 Å². The van der Waals surface area contributed by atoms with E-state index in [0.717, 1.165) is 21.9 Å². The van der Waals surface area contributed by atoms with E-state index < -0.39 is 5.51 Å². The number of fused-ring (bicyclic) bond motifs is 6. The molecule has 1 aliphatic rings. The molecule has 0 saturated carbocycles. The maximum atomic E-state index is 11.5. The second kappa shape index (κ2) is 8.80. The van der Waals surface area contributed by atoms with E-state index in [1.54, 1.807) is 0 Å². The summed E-state index contributed by atoms with van der Waals surface area (Å²) in [5.74, 6) is 0.316. The van der Waals surface area contributed by atoms with Crippen molar-refractivity contribution in [3.05, 3.63) is 121 Å². The Labute approximate surface area is 237 Å². The summed E-state index contributed by atoms with van der Waals surface area (Å²) >= 11 is 3.78. The van der Waals surface area contributed by atoms with E-state index in [0.29, 0.717) is 5.75 Å². The summed E-state index contributed by atoms with van der Waals surface area (Å²) < 4.78 is 0. The number of rotatable bonds is 2. The summed E-state index contributed by atoms with van der Waals surface area (Å²) in [6.45, 7) is 6.73. The number of phenolic OH excluding ortho intramolecular Hbond substituents is 1. The third kappa shape index (κ3) is 3.63. The maximum absolute atomic E-state index is 11.5. The Morgan fingerprint density at radius 2 is 1.31 bits per heavy atom. The molecule has 190 valence electrons. The second-order valence-corrected chi connectivity index (χ2v) is 17.6. The van der Waals surface area contributed by atoms with Crippen molar-refractivity contribution in [2.75, 3.05) is 0 Å². The summed E-state index contributed by atoms with van der Waals surface area (Å²) in [6, 6.07) is 41.4. The Kier molecular flexibility index (Phi) is 5.56. The van der Waals surface area contributed by atoms with E-state index in [-0.39, 0.29) is 5.41 Å². The van der Waals surface area contributed by atoms with E-state index in [2.05, 4.69) is 139 Å². The quantitative estimate of drug-likeness (QED) is 0.161. The zero-order valence-corrected chi connectivity index (χ0v) is 24.9. The van der Waals surface area contributed by atoms with Crippen LogP contribution in [0.15, 0.2) is 115 Å². The van der Waals surface area contributed by atoms with Gasteiger partial charge in [0.05, 0.1) is 0 Å². The van der Waals surface area contributed by atoms with Gasteiger partial charge >= 0.3 is 238 Å². The average molecular weight is 588 g/mol. The van der Waals surface area contributed by atoms with Crippen LogP contribution in [0.25, 0.3) is 43.8 Å². The van der Waals surface area contributed by atoms with Crippen LogP contribution in [0.4, 0.5) is 0 Å². The second-order valence-electron chi connectivity index (χ2n) is 11.5. The molecule has 0 saturated heterocycles. The van der Waals surface area contributed by atoms with Gasteiger partial charge in [0.2, 0.25) is 0 Å². The molecule has 6 aromatic rings. The van der Waals surface area contributed by atoms with Gasteiger partial charge in [0.25, 0.3) is 0 Å². The van der Waals surface area contributed by atoms with Gasteiger partial charge in [0.15, 0.2) is 0 Å². The van der Waals surface area contributed by atoms with Gasteiger partial charge in [-0.1, -0.05) is 0 Å². The summed E-state index contributed by atoms with van der Waals surface area (Å²) in [5, 5.41) is 20.2. The fourth-order valence-electron chi connectivity index (χ4n) is 6.18. The van der Waals surface area contributed by atoms with E-state index in [4.69, 9.17) is 0 Å². The topological polar surface area (TPSA) is 20.2 Å². The van der Waals surface area contributed by atoms with Gasteiger partial charge < -0.3 is 0 Å². The van der Waals surface area contributed by atoms with Crippen molar-refractivity contribution in [2.45, 2.75) is 26.2 Å². The number of phenols is 1. The van der Waals surface area contributed by atoms with Gasteiger partial charge in [0, 0.05) is 0 Å². The molecule has 0 aromatic heterocycles. The monoisotopic (exact) mass is 588 g/mol. The summed E-state index contributed by atoms with van der Waals surface area (Å²) in [7, 11) is 0. The Bertz CT molecular complexity index is 1980. The number of hydrogen-bond donors (Lipinski definition) is 1. The van der Waals surface area contributed by atoms with Crippen LogP contribution in [0.5, 0.6) is 5.75 Å². The standard InChI is InChI=1S/C36H29OPSe/c1-36(2,3)25-18-19-27-24(21-25)17-20-31(37)33(27)30-22-23-11-7-8-14-28(23)35-34(30)29-15-9-10-16-32(29)38(35,39)26-12-5-4-6-13-26/h4-22,37H,1-3H3. The third-order valence-corrected chi connectivity index (χ3v) is 15.0. The van der Waals surface area contributed by atoms with Crippen LogP contribution in [0.2, 0.25) is 0 Å². The van der Waals surface area contributed by atoms with Gasteiger partial charge in [-0.25, -0.2) is 0 Å². The van der Waals surface area contributed by atoms with E-state index in [1.807, 2.05) is 12.1 Å². The van der Waals surface area contributed by atoms with E-state index >= 15 is 0 Å². The van der Waals surface area contributed by atoms with Gasteiger partial charge in [-0.2, -0.15) is 0 Å². The molecule has 1 unspecified atom stereocenters. The van der Waals surface area contributed by atoms with E-state index in [1.165, 1.54) is 43.4 Å². The van der Waals surface area contributed by atoms with Crippen LogP contribution in [0.1, 0.15) is 26.3 Å². The number of aromatic hydroxyl groups is 1. The molecular weight excluding hydrogens is 558 g/mol. The Morgan fingerprint density at radius 1 is 0.615 bits per heavy atom. The fourth-order valence-corrected chi connectivity index (χ4v) is 12.4. The number of benzene rings is 6. The average Bonchev–Trinajstić information content (AvgIpc) is 3.23. The molecule has 0 spiro atoms. The molecule has 39 heavy (non-hydrogen) atoms. The summed E-state index contributed by atoms with van der Waals surface area (Å²) in [6.07, 6.45) is 0. The van der Waals surface area contributed by atoms with Gasteiger partial charge in [-0.15, -0.1) is 0 Å². The summed E-state index contributed by atoms with van der Waals surface area (Å²) in [4.78, 5) is 0. The van der Waals surface area contributed by atoms with Gasteiger partial charge in [0.1, 0.15) is 0 Å². The molecule has 0 aliphatic carbocycles. The molecule has 1 atom stereocenters.